The van der Waals surface area contributed by atoms with Gasteiger partial charge < -0.3 is 14.2 Å². The molecule has 432 valence electrons. The summed E-state index contributed by atoms with van der Waals surface area (Å²) in [6.07, 6.45) is 83.2. The zero-order valence-corrected chi connectivity index (χ0v) is 49.6. The maximum Gasteiger partial charge on any atom is 0.306 e. The van der Waals surface area contributed by atoms with E-state index in [0.29, 0.717) is 19.3 Å². The number of allylic oxidation sites excluding steroid dienone is 14. The summed E-state index contributed by atoms with van der Waals surface area (Å²) in [5.41, 5.74) is 0. The lowest BCUT2D eigenvalue weighted by Crippen LogP contribution is -2.30. The van der Waals surface area contributed by atoms with Gasteiger partial charge in [-0.3, -0.25) is 14.4 Å². The van der Waals surface area contributed by atoms with Crippen LogP contribution in [-0.4, -0.2) is 37.2 Å². The lowest BCUT2D eigenvalue weighted by Gasteiger charge is -2.18. The molecule has 6 nitrogen and oxygen atoms in total. The topological polar surface area (TPSA) is 78.9 Å². The molecule has 1 unspecified atom stereocenters. The number of hydrogen-bond acceptors (Lipinski definition) is 6. The van der Waals surface area contributed by atoms with E-state index >= 15 is 0 Å². The van der Waals surface area contributed by atoms with E-state index < -0.39 is 6.10 Å². The van der Waals surface area contributed by atoms with Crippen molar-refractivity contribution in [2.45, 2.75) is 322 Å². The first kappa shape index (κ1) is 71.6. The van der Waals surface area contributed by atoms with Gasteiger partial charge in [-0.25, -0.2) is 0 Å². The van der Waals surface area contributed by atoms with Crippen molar-refractivity contribution >= 4 is 17.9 Å². The van der Waals surface area contributed by atoms with Crippen molar-refractivity contribution in [3.8, 4) is 0 Å². The number of ether oxygens (including phenoxy) is 3. The van der Waals surface area contributed by atoms with Gasteiger partial charge in [0.2, 0.25) is 0 Å². The number of carbonyl (C=O) groups is 3. The summed E-state index contributed by atoms with van der Waals surface area (Å²) in [7, 11) is 0. The molecule has 0 aliphatic heterocycles. The van der Waals surface area contributed by atoms with E-state index in [4.69, 9.17) is 14.2 Å². The third-order valence-corrected chi connectivity index (χ3v) is 13.9. The Morgan fingerprint density at radius 2 is 0.520 bits per heavy atom. The predicted molar refractivity (Wildman–Crippen MR) is 325 cm³/mol. The van der Waals surface area contributed by atoms with E-state index in [1.54, 1.807) is 0 Å². The zero-order chi connectivity index (χ0) is 54.3. The first-order chi connectivity index (χ1) is 37.0. The van der Waals surface area contributed by atoms with Crippen LogP contribution >= 0.6 is 0 Å². The normalized spacial score (nSPS) is 12.6. The van der Waals surface area contributed by atoms with Gasteiger partial charge in [-0.2, -0.15) is 0 Å². The lowest BCUT2D eigenvalue weighted by atomic mass is 10.0. The van der Waals surface area contributed by atoms with E-state index in [9.17, 15) is 14.4 Å². The van der Waals surface area contributed by atoms with Gasteiger partial charge in [0, 0.05) is 19.3 Å². The van der Waals surface area contributed by atoms with Gasteiger partial charge in [0.05, 0.1) is 0 Å². The largest absolute Gasteiger partial charge is 0.462 e. The predicted octanol–water partition coefficient (Wildman–Crippen LogP) is 21.9. The molecule has 0 saturated heterocycles. The summed E-state index contributed by atoms with van der Waals surface area (Å²) in [6.45, 7) is 6.51. The minimum absolute atomic E-state index is 0.0847. The molecule has 1 atom stereocenters. The Balaban J connectivity index is 4.25. The Bertz CT molecular complexity index is 1430. The van der Waals surface area contributed by atoms with E-state index in [0.717, 1.165) is 109 Å². The van der Waals surface area contributed by atoms with Crippen molar-refractivity contribution in [2.75, 3.05) is 13.2 Å². The van der Waals surface area contributed by atoms with Crippen LogP contribution in [0.5, 0.6) is 0 Å². The van der Waals surface area contributed by atoms with Crippen LogP contribution in [-0.2, 0) is 28.6 Å². The van der Waals surface area contributed by atoms with E-state index in [-0.39, 0.29) is 31.1 Å². The Morgan fingerprint density at radius 1 is 0.280 bits per heavy atom. The summed E-state index contributed by atoms with van der Waals surface area (Å²) < 4.78 is 16.9. The molecule has 0 spiro atoms. The average molecular weight is 1050 g/mol. The van der Waals surface area contributed by atoms with Crippen molar-refractivity contribution < 1.29 is 28.6 Å². The number of esters is 3. The quantitative estimate of drug-likeness (QED) is 0.0261. The smallest absolute Gasteiger partial charge is 0.306 e. The Morgan fingerprint density at radius 3 is 0.827 bits per heavy atom. The summed E-state index contributed by atoms with van der Waals surface area (Å²) in [5.74, 6) is -0.902. The molecular weight excluding hydrogens is 925 g/mol. The van der Waals surface area contributed by atoms with Crippen LogP contribution in [0.25, 0.3) is 0 Å². The first-order valence-corrected chi connectivity index (χ1v) is 32.1. The fraction of sp³-hybridized carbons (Fsp3) is 0.754. The zero-order valence-electron chi connectivity index (χ0n) is 49.6. The lowest BCUT2D eigenvalue weighted by molar-refractivity contribution is -0.167. The molecule has 0 aromatic carbocycles. The Hall–Kier alpha value is -3.41. The van der Waals surface area contributed by atoms with Crippen LogP contribution in [0.4, 0.5) is 0 Å². The summed E-state index contributed by atoms with van der Waals surface area (Å²) in [5, 5.41) is 0. The summed E-state index contributed by atoms with van der Waals surface area (Å²) in [4.78, 5) is 38.2. The second-order valence-corrected chi connectivity index (χ2v) is 21.3. The van der Waals surface area contributed by atoms with Gasteiger partial charge in [0.1, 0.15) is 13.2 Å². The number of unbranched alkanes of at least 4 members (excludes halogenated alkanes) is 33. The SMILES string of the molecule is CC/C=C\C/C=C\C/C=C\C/C=C\C/C=C\C/C=C\CCCCCCC(=O)OC(COC(=O)CCCCCCCCCCC)COC(=O)CCCCCCCCCCCCCCC/C=C\CCCCCCCCCC. The Labute approximate surface area is 465 Å². The molecule has 0 aliphatic carbocycles. The number of rotatable bonds is 58. The van der Waals surface area contributed by atoms with Crippen molar-refractivity contribution in [1.82, 2.24) is 0 Å². The van der Waals surface area contributed by atoms with E-state index in [1.807, 2.05) is 0 Å². The van der Waals surface area contributed by atoms with Gasteiger partial charge >= 0.3 is 17.9 Å². The third-order valence-electron chi connectivity index (χ3n) is 13.9. The number of carbonyl (C=O) groups excluding carboxylic acids is 3. The molecule has 0 N–H and O–H groups in total. The van der Waals surface area contributed by atoms with Gasteiger partial charge in [0.15, 0.2) is 6.10 Å². The molecule has 75 heavy (non-hydrogen) atoms. The second kappa shape index (κ2) is 63.1. The van der Waals surface area contributed by atoms with Crippen molar-refractivity contribution in [1.29, 1.82) is 0 Å². The van der Waals surface area contributed by atoms with Crippen molar-refractivity contribution in [3.05, 3.63) is 85.1 Å². The Kier molecular flexibility index (Phi) is 60.3. The average Bonchev–Trinajstić information content (AvgIpc) is 3.41. The van der Waals surface area contributed by atoms with Gasteiger partial charge in [-0.1, -0.05) is 286 Å². The molecule has 0 saturated carbocycles. The highest BCUT2D eigenvalue weighted by molar-refractivity contribution is 5.71. The van der Waals surface area contributed by atoms with Crippen LogP contribution in [0.2, 0.25) is 0 Å². The van der Waals surface area contributed by atoms with Gasteiger partial charge in [-0.05, 0) is 96.3 Å². The molecule has 0 rings (SSSR count). The molecule has 0 aliphatic rings. The van der Waals surface area contributed by atoms with Gasteiger partial charge in [0.25, 0.3) is 0 Å². The number of hydrogen-bond donors (Lipinski definition) is 0. The molecule has 0 amide bonds. The monoisotopic (exact) mass is 1040 g/mol. The second-order valence-electron chi connectivity index (χ2n) is 21.3. The van der Waals surface area contributed by atoms with Crippen molar-refractivity contribution in [2.24, 2.45) is 0 Å². The molecule has 0 aromatic rings. The first-order valence-electron chi connectivity index (χ1n) is 32.1. The van der Waals surface area contributed by atoms with Gasteiger partial charge in [-0.15, -0.1) is 0 Å². The molecular formula is C69H120O6. The molecule has 0 fully saturated rings. The summed E-state index contributed by atoms with van der Waals surface area (Å²) >= 11 is 0. The molecule has 0 heterocycles. The minimum atomic E-state index is -0.789. The van der Waals surface area contributed by atoms with Crippen LogP contribution in [0, 0.1) is 0 Å². The highest BCUT2D eigenvalue weighted by Crippen LogP contribution is 2.16. The highest BCUT2D eigenvalue weighted by atomic mass is 16.6. The molecule has 0 aromatic heterocycles. The standard InChI is InChI=1S/C69H120O6/c1-4-7-10-13-16-19-21-23-25-27-29-31-33-34-36-37-39-41-43-45-47-50-53-56-59-62-68(71)74-65-66(64-73-67(70)61-58-55-52-49-18-15-12-9-6-3)75-69(72)63-60-57-54-51-48-46-44-42-40-38-35-32-30-28-26-24-22-20-17-14-11-8-5-2/h8,11,17,20,24,26-27,29-30,32,38,40,44,46,66H,4-7,9-10,12-16,18-19,21-23,25,28,31,33-37,39,41-43,45,47-65H2,1-3H3/b11-8-,20-17-,26-24-,29-27-,32-30-,40-38-,46-44-. The molecule has 0 radical (unpaired) electrons. The summed E-state index contributed by atoms with van der Waals surface area (Å²) in [6, 6.07) is 0. The minimum Gasteiger partial charge on any atom is -0.462 e. The van der Waals surface area contributed by atoms with E-state index in [1.165, 1.54) is 167 Å². The van der Waals surface area contributed by atoms with Crippen LogP contribution < -0.4 is 0 Å². The van der Waals surface area contributed by atoms with Crippen LogP contribution in [0.3, 0.4) is 0 Å². The maximum atomic E-state index is 12.9. The van der Waals surface area contributed by atoms with Crippen LogP contribution in [0.1, 0.15) is 316 Å². The highest BCUT2D eigenvalue weighted by Gasteiger charge is 2.19. The molecule has 0 bridgehead atoms. The molecule has 6 heteroatoms. The fourth-order valence-electron chi connectivity index (χ4n) is 9.09. The van der Waals surface area contributed by atoms with E-state index in [2.05, 4.69) is 106 Å². The van der Waals surface area contributed by atoms with Crippen LogP contribution in [0.15, 0.2) is 85.1 Å². The maximum absolute atomic E-state index is 12.9. The van der Waals surface area contributed by atoms with Crippen molar-refractivity contribution in [3.63, 3.8) is 0 Å². The third kappa shape index (κ3) is 61.3. The fourth-order valence-corrected chi connectivity index (χ4v) is 9.09.